The summed E-state index contributed by atoms with van der Waals surface area (Å²) in [5.74, 6) is 0. The predicted molar refractivity (Wildman–Crippen MR) is 68.9 cm³/mol. The number of hydrogen-bond acceptors (Lipinski definition) is 3. The number of ether oxygens (including phenoxy) is 1. The minimum absolute atomic E-state index is 0.000243. The van der Waals surface area contributed by atoms with E-state index in [4.69, 9.17) is 4.74 Å². The van der Waals surface area contributed by atoms with Gasteiger partial charge in [-0.3, -0.25) is 9.80 Å². The van der Waals surface area contributed by atoms with E-state index in [2.05, 4.69) is 44.4 Å². The fourth-order valence-electron chi connectivity index (χ4n) is 1.98. The Kier molecular flexibility index (Phi) is 5.22. The van der Waals surface area contributed by atoms with Gasteiger partial charge in [0, 0.05) is 38.8 Å². The summed E-state index contributed by atoms with van der Waals surface area (Å²) >= 11 is 0. The molecular formula is C13H28N2O. The zero-order chi connectivity index (χ0) is 12.2. The molecule has 0 bridgehead atoms. The van der Waals surface area contributed by atoms with Crippen LogP contribution in [0.3, 0.4) is 0 Å². The lowest BCUT2D eigenvalue weighted by atomic mass is 10.2. The molecule has 0 unspecified atom stereocenters. The second-order valence-corrected chi connectivity index (χ2v) is 5.93. The van der Waals surface area contributed by atoms with E-state index in [0.29, 0.717) is 6.04 Å². The van der Waals surface area contributed by atoms with Crippen LogP contribution in [0.1, 0.15) is 34.6 Å². The van der Waals surface area contributed by atoms with Crippen LogP contribution in [0.4, 0.5) is 0 Å². The summed E-state index contributed by atoms with van der Waals surface area (Å²) < 4.78 is 5.75. The number of rotatable bonds is 4. The molecule has 0 aromatic heterocycles. The van der Waals surface area contributed by atoms with Gasteiger partial charge in [0.2, 0.25) is 0 Å². The van der Waals surface area contributed by atoms with Gasteiger partial charge < -0.3 is 4.74 Å². The SMILES string of the molecule is CC(C)N1CCN(CCOC(C)(C)C)CC1. The van der Waals surface area contributed by atoms with Gasteiger partial charge >= 0.3 is 0 Å². The standard InChI is InChI=1S/C13H28N2O/c1-12(2)15-8-6-14(7-9-15)10-11-16-13(3,4)5/h12H,6-11H2,1-5H3. The lowest BCUT2D eigenvalue weighted by Gasteiger charge is -2.37. The zero-order valence-electron chi connectivity index (χ0n) is 11.6. The van der Waals surface area contributed by atoms with Crippen molar-refractivity contribution in [1.29, 1.82) is 0 Å². The first-order chi connectivity index (χ1) is 7.38. The van der Waals surface area contributed by atoms with E-state index in [1.165, 1.54) is 26.2 Å². The first-order valence-electron chi connectivity index (χ1n) is 6.49. The number of hydrogen-bond donors (Lipinski definition) is 0. The molecule has 1 aliphatic rings. The van der Waals surface area contributed by atoms with E-state index in [-0.39, 0.29) is 5.60 Å². The molecule has 0 atom stereocenters. The first-order valence-corrected chi connectivity index (χ1v) is 6.49. The van der Waals surface area contributed by atoms with Crippen molar-refractivity contribution < 1.29 is 4.74 Å². The molecule has 1 heterocycles. The molecule has 0 N–H and O–H groups in total. The summed E-state index contributed by atoms with van der Waals surface area (Å²) in [6.45, 7) is 17.6. The molecule has 1 saturated heterocycles. The van der Waals surface area contributed by atoms with E-state index in [1.807, 2.05) is 0 Å². The van der Waals surface area contributed by atoms with E-state index >= 15 is 0 Å². The van der Waals surface area contributed by atoms with Crippen molar-refractivity contribution in [1.82, 2.24) is 9.80 Å². The van der Waals surface area contributed by atoms with Gasteiger partial charge in [-0.15, -0.1) is 0 Å². The monoisotopic (exact) mass is 228 g/mol. The first kappa shape index (κ1) is 13.9. The van der Waals surface area contributed by atoms with Crippen LogP contribution in [0.2, 0.25) is 0 Å². The maximum atomic E-state index is 5.75. The lowest BCUT2D eigenvalue weighted by molar-refractivity contribution is -0.0188. The summed E-state index contributed by atoms with van der Waals surface area (Å²) in [5, 5.41) is 0. The van der Waals surface area contributed by atoms with Gasteiger partial charge in [0.1, 0.15) is 0 Å². The normalized spacial score (nSPS) is 20.6. The molecule has 0 aliphatic carbocycles. The van der Waals surface area contributed by atoms with Crippen molar-refractivity contribution in [3.05, 3.63) is 0 Å². The zero-order valence-corrected chi connectivity index (χ0v) is 11.6. The van der Waals surface area contributed by atoms with Crippen molar-refractivity contribution in [2.75, 3.05) is 39.3 Å². The van der Waals surface area contributed by atoms with Crippen LogP contribution in [-0.4, -0.2) is 60.8 Å². The molecule has 3 nitrogen and oxygen atoms in total. The highest BCUT2D eigenvalue weighted by Gasteiger charge is 2.19. The number of piperazine rings is 1. The van der Waals surface area contributed by atoms with Crippen LogP contribution < -0.4 is 0 Å². The fraction of sp³-hybridized carbons (Fsp3) is 1.00. The smallest absolute Gasteiger partial charge is 0.0600 e. The molecule has 0 aromatic rings. The molecular weight excluding hydrogens is 200 g/mol. The molecule has 3 heteroatoms. The highest BCUT2D eigenvalue weighted by atomic mass is 16.5. The summed E-state index contributed by atoms with van der Waals surface area (Å²) in [6.07, 6.45) is 0. The highest BCUT2D eigenvalue weighted by Crippen LogP contribution is 2.08. The minimum Gasteiger partial charge on any atom is -0.375 e. The van der Waals surface area contributed by atoms with Gasteiger partial charge in [-0.05, 0) is 34.6 Å². The predicted octanol–water partition coefficient (Wildman–Crippen LogP) is 1.83. The molecule has 16 heavy (non-hydrogen) atoms. The second-order valence-electron chi connectivity index (χ2n) is 5.93. The van der Waals surface area contributed by atoms with Crippen molar-refractivity contribution in [3.63, 3.8) is 0 Å². The topological polar surface area (TPSA) is 15.7 Å². The molecule has 0 saturated carbocycles. The van der Waals surface area contributed by atoms with Crippen molar-refractivity contribution in [3.8, 4) is 0 Å². The van der Waals surface area contributed by atoms with Crippen LogP contribution in [0.15, 0.2) is 0 Å². The van der Waals surface area contributed by atoms with Crippen molar-refractivity contribution >= 4 is 0 Å². The van der Waals surface area contributed by atoms with Crippen molar-refractivity contribution in [2.45, 2.75) is 46.3 Å². The third-order valence-corrected chi connectivity index (χ3v) is 3.08. The average Bonchev–Trinajstić information content (AvgIpc) is 2.16. The molecule has 0 amide bonds. The van der Waals surface area contributed by atoms with Crippen LogP contribution in [-0.2, 0) is 4.74 Å². The van der Waals surface area contributed by atoms with Crippen LogP contribution in [0, 0.1) is 0 Å². The van der Waals surface area contributed by atoms with E-state index in [0.717, 1.165) is 13.2 Å². The van der Waals surface area contributed by atoms with E-state index < -0.39 is 0 Å². The van der Waals surface area contributed by atoms with Gasteiger partial charge in [-0.25, -0.2) is 0 Å². The Morgan fingerprint density at radius 2 is 1.62 bits per heavy atom. The second kappa shape index (κ2) is 5.99. The van der Waals surface area contributed by atoms with Gasteiger partial charge in [0.25, 0.3) is 0 Å². The summed E-state index contributed by atoms with van der Waals surface area (Å²) in [7, 11) is 0. The maximum Gasteiger partial charge on any atom is 0.0600 e. The largest absolute Gasteiger partial charge is 0.375 e. The summed E-state index contributed by atoms with van der Waals surface area (Å²) in [6, 6.07) is 0.688. The van der Waals surface area contributed by atoms with Gasteiger partial charge in [0.05, 0.1) is 12.2 Å². The van der Waals surface area contributed by atoms with Gasteiger partial charge in [-0.2, -0.15) is 0 Å². The summed E-state index contributed by atoms with van der Waals surface area (Å²) in [4.78, 5) is 5.05. The van der Waals surface area contributed by atoms with Gasteiger partial charge in [-0.1, -0.05) is 0 Å². The van der Waals surface area contributed by atoms with Crippen LogP contribution in [0.5, 0.6) is 0 Å². The fourth-order valence-corrected chi connectivity index (χ4v) is 1.98. The Morgan fingerprint density at radius 1 is 1.06 bits per heavy atom. The maximum absolute atomic E-state index is 5.75. The molecule has 1 aliphatic heterocycles. The number of nitrogens with zero attached hydrogens (tertiary/aromatic N) is 2. The van der Waals surface area contributed by atoms with Crippen molar-refractivity contribution in [2.24, 2.45) is 0 Å². The van der Waals surface area contributed by atoms with Crippen LogP contribution >= 0.6 is 0 Å². The van der Waals surface area contributed by atoms with Gasteiger partial charge in [0.15, 0.2) is 0 Å². The minimum atomic E-state index is -0.000243. The molecule has 0 spiro atoms. The quantitative estimate of drug-likeness (QED) is 0.730. The Morgan fingerprint density at radius 3 is 2.06 bits per heavy atom. The molecule has 1 rings (SSSR count). The molecule has 0 radical (unpaired) electrons. The summed E-state index contributed by atoms with van der Waals surface area (Å²) in [5.41, 5.74) is -0.000243. The Labute approximate surface area is 101 Å². The molecule has 0 aromatic carbocycles. The van der Waals surface area contributed by atoms with E-state index in [1.54, 1.807) is 0 Å². The van der Waals surface area contributed by atoms with E-state index in [9.17, 15) is 0 Å². The third kappa shape index (κ3) is 5.28. The Hall–Kier alpha value is -0.120. The Bertz CT molecular complexity index is 191. The lowest BCUT2D eigenvalue weighted by Crippen LogP contribution is -2.49. The molecule has 96 valence electrons. The molecule has 1 fully saturated rings. The Balaban J connectivity index is 2.13. The average molecular weight is 228 g/mol. The third-order valence-electron chi connectivity index (χ3n) is 3.08. The highest BCUT2D eigenvalue weighted by molar-refractivity contribution is 4.74. The van der Waals surface area contributed by atoms with Crippen LogP contribution in [0.25, 0.3) is 0 Å².